The van der Waals surface area contributed by atoms with Gasteiger partial charge in [0.1, 0.15) is 6.10 Å². The molecular formula is C25H51NO3. The lowest BCUT2D eigenvalue weighted by atomic mass is 9.92. The summed E-state index contributed by atoms with van der Waals surface area (Å²) < 4.78 is 5.77. The van der Waals surface area contributed by atoms with Gasteiger partial charge in [0.25, 0.3) is 0 Å². The number of carbonyl (C=O) groups excluding carboxylic acids is 1. The number of aliphatic hydroxyl groups is 1. The van der Waals surface area contributed by atoms with E-state index in [4.69, 9.17) is 4.74 Å². The first kappa shape index (κ1) is 28.4. The Labute approximate surface area is 181 Å². The molecule has 0 bridgehead atoms. The normalized spacial score (nSPS) is 14.9. The summed E-state index contributed by atoms with van der Waals surface area (Å²) in [5, 5.41) is 10.2. The Morgan fingerprint density at radius 3 is 1.48 bits per heavy atom. The Morgan fingerprint density at radius 2 is 1.17 bits per heavy atom. The molecule has 0 fully saturated rings. The van der Waals surface area contributed by atoms with Gasteiger partial charge in [-0.05, 0) is 27.4 Å². The molecule has 0 spiro atoms. The van der Waals surface area contributed by atoms with Crippen LogP contribution < -0.4 is 0 Å². The fraction of sp³-hybridized carbons (Fsp3) is 0.960. The predicted octanol–water partition coefficient (Wildman–Crippen LogP) is 6.70. The van der Waals surface area contributed by atoms with Crippen LogP contribution in [-0.4, -0.2) is 41.9 Å². The van der Waals surface area contributed by atoms with Gasteiger partial charge in [0.05, 0.1) is 0 Å². The molecule has 0 aliphatic carbocycles. The van der Waals surface area contributed by atoms with Crippen LogP contribution in [0.3, 0.4) is 0 Å². The highest BCUT2D eigenvalue weighted by atomic mass is 16.6. The zero-order valence-corrected chi connectivity index (χ0v) is 20.5. The van der Waals surface area contributed by atoms with Gasteiger partial charge in [0.15, 0.2) is 5.72 Å². The molecule has 1 N–H and O–H groups in total. The summed E-state index contributed by atoms with van der Waals surface area (Å²) in [5.74, 6) is -0.190. The second kappa shape index (κ2) is 17.1. The number of rotatable bonds is 19. The molecule has 0 aliphatic rings. The van der Waals surface area contributed by atoms with Crippen LogP contribution in [-0.2, 0) is 9.53 Å². The number of nitrogens with zero attached hydrogens (tertiary/aromatic N) is 1. The van der Waals surface area contributed by atoms with Crippen LogP contribution in [0.1, 0.15) is 124 Å². The van der Waals surface area contributed by atoms with Crippen molar-refractivity contribution in [2.24, 2.45) is 5.92 Å². The van der Waals surface area contributed by atoms with E-state index in [0.29, 0.717) is 6.42 Å². The van der Waals surface area contributed by atoms with Gasteiger partial charge in [-0.3, -0.25) is 9.69 Å². The van der Waals surface area contributed by atoms with E-state index in [1.807, 2.05) is 32.8 Å². The van der Waals surface area contributed by atoms with Crippen molar-refractivity contribution in [2.75, 3.05) is 14.1 Å². The smallest absolute Gasteiger partial charge is 0.307 e. The molecule has 0 aromatic carbocycles. The first-order chi connectivity index (χ1) is 13.8. The summed E-state index contributed by atoms with van der Waals surface area (Å²) in [4.78, 5) is 14.2. The van der Waals surface area contributed by atoms with Crippen LogP contribution in [0, 0.1) is 5.92 Å². The van der Waals surface area contributed by atoms with E-state index in [1.165, 1.54) is 77.0 Å². The monoisotopic (exact) mass is 413 g/mol. The Balaban J connectivity index is 3.74. The number of ether oxygens (including phenoxy) is 1. The zero-order chi connectivity index (χ0) is 22.1. The molecule has 0 saturated carbocycles. The van der Waals surface area contributed by atoms with Crippen molar-refractivity contribution in [3.63, 3.8) is 0 Å². The molecule has 0 aromatic heterocycles. The number of unbranched alkanes of at least 4 members (excludes halogenated alkanes) is 13. The topological polar surface area (TPSA) is 49.8 Å². The third kappa shape index (κ3) is 12.0. The van der Waals surface area contributed by atoms with Crippen LogP contribution >= 0.6 is 0 Å². The third-order valence-electron chi connectivity index (χ3n) is 6.14. The van der Waals surface area contributed by atoms with Gasteiger partial charge in [0, 0.05) is 12.3 Å². The van der Waals surface area contributed by atoms with E-state index < -0.39 is 11.8 Å². The lowest BCUT2D eigenvalue weighted by Crippen LogP contribution is -2.59. The third-order valence-corrected chi connectivity index (χ3v) is 6.14. The van der Waals surface area contributed by atoms with E-state index in [1.54, 1.807) is 6.92 Å². The Morgan fingerprint density at radius 1 is 0.793 bits per heavy atom. The quantitative estimate of drug-likeness (QED) is 0.145. The molecule has 0 aromatic rings. The van der Waals surface area contributed by atoms with Gasteiger partial charge in [-0.25, -0.2) is 0 Å². The Hall–Kier alpha value is -0.610. The van der Waals surface area contributed by atoms with Crippen molar-refractivity contribution >= 4 is 5.97 Å². The van der Waals surface area contributed by atoms with Crippen molar-refractivity contribution in [3.8, 4) is 0 Å². The summed E-state index contributed by atoms with van der Waals surface area (Å²) in [5.41, 5.74) is -0.951. The minimum Gasteiger partial charge on any atom is -0.441 e. The van der Waals surface area contributed by atoms with Gasteiger partial charge in [0.2, 0.25) is 0 Å². The number of esters is 1. The molecule has 0 radical (unpaired) electrons. The predicted molar refractivity (Wildman–Crippen MR) is 124 cm³/mol. The molecular weight excluding hydrogens is 362 g/mol. The molecule has 2 unspecified atom stereocenters. The molecule has 29 heavy (non-hydrogen) atoms. The van der Waals surface area contributed by atoms with Crippen LogP contribution in [0.25, 0.3) is 0 Å². The van der Waals surface area contributed by atoms with Gasteiger partial charge < -0.3 is 9.84 Å². The maximum absolute atomic E-state index is 12.3. The molecule has 4 heteroatoms. The molecule has 0 aliphatic heterocycles. The fourth-order valence-corrected chi connectivity index (χ4v) is 4.36. The highest BCUT2D eigenvalue weighted by Gasteiger charge is 2.44. The standard InChI is InChI=1S/C25H51NO3/c1-7-8-9-10-11-12-13-14-15-16-17-18-19-20-21-24(28)29-25(22(2)3,23(4)27)26(5)6/h22-23,27H,7-21H2,1-6H3. The van der Waals surface area contributed by atoms with E-state index in [-0.39, 0.29) is 11.9 Å². The summed E-state index contributed by atoms with van der Waals surface area (Å²) in [6, 6.07) is 0. The van der Waals surface area contributed by atoms with Crippen molar-refractivity contribution in [1.82, 2.24) is 4.90 Å². The lowest BCUT2D eigenvalue weighted by Gasteiger charge is -2.44. The largest absolute Gasteiger partial charge is 0.441 e. The number of likely N-dealkylation sites (N-methyl/N-ethyl adjacent to an activating group) is 1. The van der Waals surface area contributed by atoms with Gasteiger partial charge in [-0.2, -0.15) is 0 Å². The maximum Gasteiger partial charge on any atom is 0.307 e. The van der Waals surface area contributed by atoms with Crippen LogP contribution in [0.4, 0.5) is 0 Å². The van der Waals surface area contributed by atoms with Crippen LogP contribution in [0.5, 0.6) is 0 Å². The van der Waals surface area contributed by atoms with E-state index in [9.17, 15) is 9.90 Å². The molecule has 2 atom stereocenters. The molecule has 0 heterocycles. The average molecular weight is 414 g/mol. The fourth-order valence-electron chi connectivity index (χ4n) is 4.36. The lowest BCUT2D eigenvalue weighted by molar-refractivity contribution is -0.220. The maximum atomic E-state index is 12.3. The molecule has 174 valence electrons. The minimum atomic E-state index is -0.951. The van der Waals surface area contributed by atoms with Gasteiger partial charge in [-0.1, -0.05) is 104 Å². The number of carbonyl (C=O) groups is 1. The van der Waals surface area contributed by atoms with E-state index in [0.717, 1.165) is 12.8 Å². The second-order valence-corrected chi connectivity index (χ2v) is 9.30. The molecule has 0 amide bonds. The first-order valence-electron chi connectivity index (χ1n) is 12.4. The van der Waals surface area contributed by atoms with Gasteiger partial charge in [-0.15, -0.1) is 0 Å². The number of hydrogen-bond donors (Lipinski definition) is 1. The van der Waals surface area contributed by atoms with Crippen molar-refractivity contribution in [2.45, 2.75) is 136 Å². The molecule has 4 nitrogen and oxygen atoms in total. The average Bonchev–Trinajstić information content (AvgIpc) is 2.65. The Kier molecular flexibility index (Phi) is 16.7. The number of hydrogen-bond acceptors (Lipinski definition) is 4. The molecule has 0 saturated heterocycles. The van der Waals surface area contributed by atoms with Crippen molar-refractivity contribution in [1.29, 1.82) is 0 Å². The molecule has 0 rings (SSSR count). The van der Waals surface area contributed by atoms with Gasteiger partial charge >= 0.3 is 5.97 Å². The van der Waals surface area contributed by atoms with E-state index >= 15 is 0 Å². The summed E-state index contributed by atoms with van der Waals surface area (Å²) in [6.45, 7) is 7.92. The highest BCUT2D eigenvalue weighted by molar-refractivity contribution is 5.69. The Bertz CT molecular complexity index is 372. The second-order valence-electron chi connectivity index (χ2n) is 9.30. The number of aliphatic hydroxyl groups excluding tert-OH is 1. The first-order valence-corrected chi connectivity index (χ1v) is 12.4. The summed E-state index contributed by atoms with van der Waals surface area (Å²) >= 11 is 0. The van der Waals surface area contributed by atoms with Crippen molar-refractivity contribution in [3.05, 3.63) is 0 Å². The summed E-state index contributed by atoms with van der Waals surface area (Å²) in [6.07, 6.45) is 17.9. The van der Waals surface area contributed by atoms with Crippen LogP contribution in [0.2, 0.25) is 0 Å². The zero-order valence-electron chi connectivity index (χ0n) is 20.5. The summed E-state index contributed by atoms with van der Waals surface area (Å²) in [7, 11) is 3.71. The highest BCUT2D eigenvalue weighted by Crippen LogP contribution is 2.29. The minimum absolute atomic E-state index is 0.0118. The van der Waals surface area contributed by atoms with Crippen LogP contribution in [0.15, 0.2) is 0 Å². The van der Waals surface area contributed by atoms with Crippen molar-refractivity contribution < 1.29 is 14.6 Å². The SMILES string of the molecule is CCCCCCCCCCCCCCCCC(=O)OC(C(C)C)(C(C)O)N(C)C. The van der Waals surface area contributed by atoms with E-state index in [2.05, 4.69) is 6.92 Å².